The van der Waals surface area contributed by atoms with Crippen LogP contribution < -0.4 is 10.1 Å². The summed E-state index contributed by atoms with van der Waals surface area (Å²) in [7, 11) is 0. The number of amides is 1. The summed E-state index contributed by atoms with van der Waals surface area (Å²) in [6, 6.07) is 12.4. The van der Waals surface area contributed by atoms with Crippen molar-refractivity contribution in [3.63, 3.8) is 0 Å². The van der Waals surface area contributed by atoms with E-state index in [2.05, 4.69) is 5.32 Å². The Morgan fingerprint density at radius 1 is 1.23 bits per heavy atom. The van der Waals surface area contributed by atoms with Crippen molar-refractivity contribution in [2.75, 3.05) is 5.32 Å². The number of carbonyl (C=O) groups is 1. The molecule has 0 bridgehead atoms. The van der Waals surface area contributed by atoms with E-state index in [1.165, 1.54) is 0 Å². The van der Waals surface area contributed by atoms with E-state index >= 15 is 0 Å². The predicted molar refractivity (Wildman–Crippen MR) is 91.0 cm³/mol. The van der Waals surface area contributed by atoms with E-state index in [9.17, 15) is 4.79 Å². The SMILES string of the molecule is CCC(Oc1cccc(Cl)c1)C(=O)Nc1cccc(Cl)c1C. The maximum absolute atomic E-state index is 12.4. The zero-order valence-electron chi connectivity index (χ0n) is 12.4. The van der Waals surface area contributed by atoms with Crippen LogP contribution in [0.1, 0.15) is 18.9 Å². The second-order valence-electron chi connectivity index (χ2n) is 4.87. The maximum atomic E-state index is 12.4. The average Bonchev–Trinajstić information content (AvgIpc) is 2.49. The van der Waals surface area contributed by atoms with Gasteiger partial charge < -0.3 is 10.1 Å². The molecule has 0 aromatic heterocycles. The second-order valence-corrected chi connectivity index (χ2v) is 5.72. The van der Waals surface area contributed by atoms with Gasteiger partial charge >= 0.3 is 0 Å². The smallest absolute Gasteiger partial charge is 0.265 e. The van der Waals surface area contributed by atoms with Gasteiger partial charge in [-0.3, -0.25) is 4.79 Å². The summed E-state index contributed by atoms with van der Waals surface area (Å²) in [6.07, 6.45) is -0.0605. The molecule has 0 fully saturated rings. The fourth-order valence-corrected chi connectivity index (χ4v) is 2.34. The number of hydrogen-bond donors (Lipinski definition) is 1. The summed E-state index contributed by atoms with van der Waals surface area (Å²) >= 11 is 12.0. The molecular formula is C17H17Cl2NO2. The topological polar surface area (TPSA) is 38.3 Å². The van der Waals surface area contributed by atoms with Gasteiger partial charge in [0.15, 0.2) is 6.10 Å². The van der Waals surface area contributed by atoms with Gasteiger partial charge in [0.2, 0.25) is 0 Å². The van der Waals surface area contributed by atoms with Gasteiger partial charge in [0.25, 0.3) is 5.91 Å². The number of rotatable bonds is 5. The molecular weight excluding hydrogens is 321 g/mol. The van der Waals surface area contributed by atoms with E-state index in [1.54, 1.807) is 36.4 Å². The van der Waals surface area contributed by atoms with Gasteiger partial charge in [0.05, 0.1) is 0 Å². The first-order valence-corrected chi connectivity index (χ1v) is 7.75. The molecule has 2 aromatic carbocycles. The van der Waals surface area contributed by atoms with Gasteiger partial charge in [-0.25, -0.2) is 0 Å². The molecule has 0 spiro atoms. The summed E-state index contributed by atoms with van der Waals surface area (Å²) in [5.41, 5.74) is 1.51. The zero-order chi connectivity index (χ0) is 16.1. The molecule has 0 aliphatic heterocycles. The Morgan fingerprint density at radius 2 is 1.95 bits per heavy atom. The Morgan fingerprint density at radius 3 is 2.64 bits per heavy atom. The lowest BCUT2D eigenvalue weighted by atomic mass is 10.2. The average molecular weight is 338 g/mol. The maximum Gasteiger partial charge on any atom is 0.265 e. The Hall–Kier alpha value is -1.71. The lowest BCUT2D eigenvalue weighted by Crippen LogP contribution is -2.32. The van der Waals surface area contributed by atoms with Crippen LogP contribution in [-0.2, 0) is 4.79 Å². The van der Waals surface area contributed by atoms with Crippen LogP contribution in [0.15, 0.2) is 42.5 Å². The summed E-state index contributed by atoms with van der Waals surface area (Å²) in [5, 5.41) is 4.04. The van der Waals surface area contributed by atoms with Crippen LogP contribution in [0.4, 0.5) is 5.69 Å². The first kappa shape index (κ1) is 16.7. The largest absolute Gasteiger partial charge is 0.481 e. The highest BCUT2D eigenvalue weighted by atomic mass is 35.5. The van der Waals surface area contributed by atoms with Crippen molar-refractivity contribution in [1.29, 1.82) is 0 Å². The summed E-state index contributed by atoms with van der Waals surface area (Å²) in [4.78, 5) is 12.4. The van der Waals surface area contributed by atoms with Gasteiger partial charge in [0, 0.05) is 15.7 Å². The third kappa shape index (κ3) is 4.15. The Kier molecular flexibility index (Phi) is 5.69. The molecule has 0 aliphatic carbocycles. The molecule has 116 valence electrons. The molecule has 1 amide bonds. The molecule has 1 atom stereocenters. The van der Waals surface area contributed by atoms with E-state index in [0.29, 0.717) is 27.9 Å². The van der Waals surface area contributed by atoms with Crippen molar-refractivity contribution in [2.45, 2.75) is 26.4 Å². The van der Waals surface area contributed by atoms with Crippen molar-refractivity contribution >= 4 is 34.8 Å². The van der Waals surface area contributed by atoms with Gasteiger partial charge in [0.1, 0.15) is 5.75 Å². The predicted octanol–water partition coefficient (Wildman–Crippen LogP) is 5.10. The number of halogens is 2. The third-order valence-corrected chi connectivity index (χ3v) is 3.91. The van der Waals surface area contributed by atoms with Crippen molar-refractivity contribution in [3.8, 4) is 5.75 Å². The molecule has 0 radical (unpaired) electrons. The molecule has 5 heteroatoms. The minimum absolute atomic E-state index is 0.215. The van der Waals surface area contributed by atoms with Crippen LogP contribution >= 0.6 is 23.2 Å². The van der Waals surface area contributed by atoms with Crippen LogP contribution in [0.25, 0.3) is 0 Å². The van der Waals surface area contributed by atoms with Crippen LogP contribution in [0.2, 0.25) is 10.0 Å². The van der Waals surface area contributed by atoms with Gasteiger partial charge in [-0.15, -0.1) is 0 Å². The van der Waals surface area contributed by atoms with Gasteiger partial charge in [-0.1, -0.05) is 42.3 Å². The summed E-state index contributed by atoms with van der Waals surface area (Å²) in [6.45, 7) is 3.75. The van der Waals surface area contributed by atoms with Crippen molar-refractivity contribution in [1.82, 2.24) is 0 Å². The quantitative estimate of drug-likeness (QED) is 0.824. The van der Waals surface area contributed by atoms with E-state index in [1.807, 2.05) is 19.9 Å². The molecule has 0 heterocycles. The van der Waals surface area contributed by atoms with Crippen molar-refractivity contribution in [2.24, 2.45) is 0 Å². The van der Waals surface area contributed by atoms with Crippen molar-refractivity contribution in [3.05, 3.63) is 58.1 Å². The van der Waals surface area contributed by atoms with Crippen LogP contribution in [0, 0.1) is 6.92 Å². The van der Waals surface area contributed by atoms with Crippen LogP contribution in [0.5, 0.6) is 5.75 Å². The number of nitrogens with one attached hydrogen (secondary N) is 1. The first-order valence-electron chi connectivity index (χ1n) is 6.99. The molecule has 0 saturated heterocycles. The molecule has 0 saturated carbocycles. The number of anilines is 1. The molecule has 1 N–H and O–H groups in total. The Bertz CT molecular complexity index is 673. The Labute approximate surface area is 140 Å². The highest BCUT2D eigenvalue weighted by Gasteiger charge is 2.19. The number of hydrogen-bond acceptors (Lipinski definition) is 2. The van der Waals surface area contributed by atoms with Crippen LogP contribution in [-0.4, -0.2) is 12.0 Å². The van der Waals surface area contributed by atoms with Gasteiger partial charge in [-0.05, 0) is 49.2 Å². The molecule has 2 rings (SSSR count). The summed E-state index contributed by atoms with van der Waals surface area (Å²) < 4.78 is 5.72. The van der Waals surface area contributed by atoms with Crippen LogP contribution in [0.3, 0.4) is 0 Å². The van der Waals surface area contributed by atoms with Crippen molar-refractivity contribution < 1.29 is 9.53 Å². The Balaban J connectivity index is 2.10. The highest BCUT2D eigenvalue weighted by Crippen LogP contribution is 2.24. The monoisotopic (exact) mass is 337 g/mol. The molecule has 0 aliphatic rings. The van der Waals surface area contributed by atoms with E-state index < -0.39 is 6.10 Å². The minimum atomic E-state index is -0.600. The summed E-state index contributed by atoms with van der Waals surface area (Å²) in [5.74, 6) is 0.352. The molecule has 22 heavy (non-hydrogen) atoms. The number of ether oxygens (including phenoxy) is 1. The fraction of sp³-hybridized carbons (Fsp3) is 0.235. The highest BCUT2D eigenvalue weighted by molar-refractivity contribution is 6.31. The molecule has 2 aromatic rings. The first-order chi connectivity index (χ1) is 10.5. The number of benzene rings is 2. The lowest BCUT2D eigenvalue weighted by molar-refractivity contribution is -0.122. The van der Waals surface area contributed by atoms with E-state index in [4.69, 9.17) is 27.9 Å². The molecule has 1 unspecified atom stereocenters. The van der Waals surface area contributed by atoms with E-state index in [0.717, 1.165) is 5.56 Å². The number of carbonyl (C=O) groups excluding carboxylic acids is 1. The zero-order valence-corrected chi connectivity index (χ0v) is 13.9. The molecule has 3 nitrogen and oxygen atoms in total. The third-order valence-electron chi connectivity index (χ3n) is 3.26. The standard InChI is InChI=1S/C17H17Cl2NO2/c1-3-16(22-13-7-4-6-12(18)10-13)17(21)20-15-9-5-8-14(19)11(15)2/h4-10,16H,3H2,1-2H3,(H,20,21). The minimum Gasteiger partial charge on any atom is -0.481 e. The normalized spacial score (nSPS) is 11.8. The van der Waals surface area contributed by atoms with E-state index in [-0.39, 0.29) is 5.91 Å². The fourth-order valence-electron chi connectivity index (χ4n) is 1.98. The second kappa shape index (κ2) is 7.52. The van der Waals surface area contributed by atoms with Gasteiger partial charge in [-0.2, -0.15) is 0 Å². The lowest BCUT2D eigenvalue weighted by Gasteiger charge is -2.18.